The molecule has 0 radical (unpaired) electrons. The number of thioether (sulfide) groups is 1. The number of carbonyl (C=O) groups excluding carboxylic acids is 19. The molecule has 142 heavy (non-hydrogen) atoms. The number of H-pyrrole nitrogens is 2. The monoisotopic (exact) mass is 2020 g/mol. The van der Waals surface area contributed by atoms with Crippen molar-refractivity contribution < 1.29 is 111 Å². The average molecular weight is 2020 g/mol. The maximum Gasteiger partial charge on any atom is 0.326 e. The van der Waals surface area contributed by atoms with Crippen LogP contribution < -0.4 is 114 Å². The quantitative estimate of drug-likeness (QED) is 0.0142. The number of nitrogens with one attached hydrogen (secondary N) is 18. The molecule has 2 aromatic heterocycles. The summed E-state index contributed by atoms with van der Waals surface area (Å²) in [6.07, 6.45) is 4.72. The molecule has 32 N–H and O–H groups in total. The molecule has 3 aromatic rings. The average Bonchev–Trinajstić information content (AvgIpc) is 1.65. The van der Waals surface area contributed by atoms with Gasteiger partial charge in [0.2, 0.25) is 112 Å². The Labute approximate surface area is 825 Å². The number of unbranched alkanes of at least 4 members (excludes halogenated alkanes) is 1. The van der Waals surface area contributed by atoms with Crippen LogP contribution in [0.3, 0.4) is 0 Å². The predicted octanol–water partition coefficient (Wildman–Crippen LogP) is -6.45. The van der Waals surface area contributed by atoms with Crippen molar-refractivity contribution in [3.8, 4) is 0 Å². The normalized spacial score (nSPS) is 16.7. The van der Waals surface area contributed by atoms with Crippen LogP contribution in [0.2, 0.25) is 0 Å². The molecule has 786 valence electrons. The van der Waals surface area contributed by atoms with Crippen LogP contribution in [0, 0.1) is 23.2 Å². The third kappa shape index (κ3) is 40.7. The summed E-state index contributed by atoms with van der Waals surface area (Å²) >= 11 is 1.32. The van der Waals surface area contributed by atoms with Crippen LogP contribution in [0.25, 0.3) is 0 Å². The first-order valence-electron chi connectivity index (χ1n) is 47.5. The van der Waals surface area contributed by atoms with E-state index in [0.717, 1.165) is 5.56 Å². The number of likely N-dealkylation sites (tertiary alicyclic amines) is 2. The van der Waals surface area contributed by atoms with Gasteiger partial charge in [-0.25, -0.2) is 14.8 Å². The van der Waals surface area contributed by atoms with Crippen LogP contribution in [0.15, 0.2) is 55.4 Å². The van der Waals surface area contributed by atoms with Gasteiger partial charge >= 0.3 is 11.9 Å². The number of rotatable bonds is 66. The molecule has 0 bridgehead atoms. The van der Waals surface area contributed by atoms with Crippen LogP contribution in [-0.4, -0.2) is 312 Å². The summed E-state index contributed by atoms with van der Waals surface area (Å²) in [4.78, 5) is 306. The molecular formula is C90H142N28O23S. The number of hydrogen-bond acceptors (Lipinski definition) is 27. The van der Waals surface area contributed by atoms with E-state index in [-0.39, 0.29) is 146 Å². The minimum atomic E-state index is -1.71. The fourth-order valence-corrected chi connectivity index (χ4v) is 16.1. The number of guanidine groups is 1. The van der Waals surface area contributed by atoms with E-state index in [2.05, 4.69) is 99.7 Å². The lowest BCUT2D eigenvalue weighted by atomic mass is 9.96. The largest absolute Gasteiger partial charge is 0.481 e. The van der Waals surface area contributed by atoms with Crippen LogP contribution in [0.1, 0.15) is 193 Å². The lowest BCUT2D eigenvalue weighted by Crippen LogP contribution is -2.62. The van der Waals surface area contributed by atoms with E-state index < -0.39 is 290 Å². The smallest absolute Gasteiger partial charge is 0.326 e. The van der Waals surface area contributed by atoms with Gasteiger partial charge in [-0.2, -0.15) is 11.8 Å². The highest BCUT2D eigenvalue weighted by atomic mass is 32.2. The van der Waals surface area contributed by atoms with Crippen molar-refractivity contribution >= 4 is 142 Å². The number of aliphatic carboxylic acids is 2. The first-order valence-corrected chi connectivity index (χ1v) is 48.9. The number of aromatic nitrogens is 4. The first kappa shape index (κ1) is 119. The van der Waals surface area contributed by atoms with E-state index in [1.807, 2.05) is 18.2 Å². The Morgan fingerprint density at radius 2 is 0.831 bits per heavy atom. The molecular weight excluding hydrogens is 1870 g/mol. The van der Waals surface area contributed by atoms with E-state index >= 15 is 9.59 Å². The highest BCUT2D eigenvalue weighted by molar-refractivity contribution is 7.98. The molecule has 2 aliphatic rings. The standard InChI is InChI=1S/C90H142N28O23S/c1-8-48(4)72(84(135)102-45-70(123)106-61(89(140)141)28-32-71(124)125)114-81(132)63(41-53-43-99-47-104-53)112-76(127)57(26-30-67(94)120)105-69(122)44-101-75(126)56(25-29-66(93)119)108-80(131)62(40-52-42-98-46-103-52)113-83(134)65-24-18-37-118(65)88(139)60(21-14-15-34-91)111-86(137)74(50(6)10-3)115-78(129)55(22-16-35-100-90(96)97)107-77(128)59(33-38-142-7)110-85(136)73(49(5)9-2)116-79(130)58(27-31-68(95)121)109-82(133)64-23-17-36-117(64)87(138)54(92)39-51-19-12-11-13-20-51/h11-13,19-20,42-43,46-50,54-65,72-74H,8-10,14-18,21-41,44-45,91-92H2,1-7H3,(H2,93,119)(H2,94,120)(H2,95,121)(H,98,103)(H,99,104)(H,101,126)(H,102,135)(H,105,122)(H,106,123)(H,107,128)(H,108,131)(H,109,133)(H,110,136)(H,111,137)(H,112,127)(H,113,134)(H,114,132)(H,115,129)(H,116,130)(H,124,125)(H,140,141)(H4,96,97,100)/t48-,49-,50-,54-,55-,56-,57-,58-,59-,60-,61-,62-,63-,64-,65-,72-,73-,74-/m0/s1. The highest BCUT2D eigenvalue weighted by Crippen LogP contribution is 2.25. The number of aromatic amines is 2. The molecule has 0 spiro atoms. The molecule has 0 unspecified atom stereocenters. The van der Waals surface area contributed by atoms with Crippen molar-refractivity contribution in [1.82, 2.24) is 109 Å². The zero-order chi connectivity index (χ0) is 105. The van der Waals surface area contributed by atoms with E-state index in [9.17, 15) is 96.2 Å². The number of primary amides is 3. The van der Waals surface area contributed by atoms with Gasteiger partial charge in [-0.05, 0) is 138 Å². The summed E-state index contributed by atoms with van der Waals surface area (Å²) in [5, 5.41) is 64.8. The number of nitrogens with zero attached hydrogens (tertiary/aromatic N) is 4. The predicted molar refractivity (Wildman–Crippen MR) is 515 cm³/mol. The van der Waals surface area contributed by atoms with Crippen molar-refractivity contribution in [2.24, 2.45) is 52.2 Å². The minimum absolute atomic E-state index is 0.0142. The lowest BCUT2D eigenvalue weighted by Gasteiger charge is -2.32. The molecule has 4 heterocycles. The Morgan fingerprint density at radius 1 is 0.444 bits per heavy atom. The zero-order valence-corrected chi connectivity index (χ0v) is 82.0. The molecule has 5 rings (SSSR count). The molecule has 18 atom stereocenters. The Bertz CT molecular complexity index is 4770. The van der Waals surface area contributed by atoms with Crippen molar-refractivity contribution in [3.05, 3.63) is 72.3 Å². The Morgan fingerprint density at radius 3 is 1.28 bits per heavy atom. The molecule has 2 saturated heterocycles. The first-order chi connectivity index (χ1) is 67.4. The van der Waals surface area contributed by atoms with Crippen molar-refractivity contribution in [3.63, 3.8) is 0 Å². The van der Waals surface area contributed by atoms with Gasteiger partial charge in [0, 0.05) is 81.9 Å². The second-order valence-electron chi connectivity index (χ2n) is 35.3. The maximum absolute atomic E-state index is 15.2. The van der Waals surface area contributed by atoms with E-state index in [1.54, 1.807) is 59.9 Å². The van der Waals surface area contributed by atoms with Gasteiger partial charge in [0.1, 0.15) is 84.6 Å². The summed E-state index contributed by atoms with van der Waals surface area (Å²) in [5.74, 6) is -22.2. The van der Waals surface area contributed by atoms with Gasteiger partial charge in [0.25, 0.3) is 0 Å². The van der Waals surface area contributed by atoms with Crippen LogP contribution in [0.5, 0.6) is 0 Å². The molecule has 2 aliphatic heterocycles. The van der Waals surface area contributed by atoms with Gasteiger partial charge in [-0.15, -0.1) is 0 Å². The van der Waals surface area contributed by atoms with Gasteiger partial charge in [-0.3, -0.25) is 101 Å². The summed E-state index contributed by atoms with van der Waals surface area (Å²) in [6, 6.07) is -12.5. The lowest BCUT2D eigenvalue weighted by molar-refractivity contribution is -0.143. The van der Waals surface area contributed by atoms with Gasteiger partial charge in [-0.1, -0.05) is 91.1 Å². The second-order valence-corrected chi connectivity index (χ2v) is 36.3. The number of benzene rings is 1. The zero-order valence-electron chi connectivity index (χ0n) is 81.1. The number of carbonyl (C=O) groups is 21. The van der Waals surface area contributed by atoms with Gasteiger partial charge in [0.05, 0.1) is 31.8 Å². The van der Waals surface area contributed by atoms with Crippen LogP contribution in [-0.2, 0) is 120 Å². The molecule has 19 amide bonds. The number of nitrogens with two attached hydrogens (primary N) is 6. The number of hydrogen-bond donors (Lipinski definition) is 26. The molecule has 51 nitrogen and oxygen atoms in total. The topological polar surface area (TPSA) is 823 Å². The Balaban J connectivity index is 1.34. The third-order valence-electron chi connectivity index (χ3n) is 24.4. The summed E-state index contributed by atoms with van der Waals surface area (Å²) in [6.45, 7) is 8.59. The molecule has 0 saturated carbocycles. The van der Waals surface area contributed by atoms with Crippen molar-refractivity contribution in [1.29, 1.82) is 5.41 Å². The van der Waals surface area contributed by atoms with E-state index in [1.165, 1.54) is 46.6 Å². The van der Waals surface area contributed by atoms with Crippen LogP contribution in [0.4, 0.5) is 0 Å². The molecule has 0 aliphatic carbocycles. The number of imidazole rings is 2. The molecule has 52 heteroatoms. The molecule has 1 aromatic carbocycles. The van der Waals surface area contributed by atoms with Crippen LogP contribution >= 0.6 is 11.8 Å². The Hall–Kier alpha value is -13.9. The van der Waals surface area contributed by atoms with E-state index in [4.69, 9.17) is 44.9 Å². The fourth-order valence-electron chi connectivity index (χ4n) is 15.7. The Kier molecular flexibility index (Phi) is 51.4. The van der Waals surface area contributed by atoms with E-state index in [0.29, 0.717) is 12.8 Å². The second kappa shape index (κ2) is 61.6. The van der Waals surface area contributed by atoms with Crippen molar-refractivity contribution in [2.75, 3.05) is 51.3 Å². The highest BCUT2D eigenvalue weighted by Gasteiger charge is 2.44. The van der Waals surface area contributed by atoms with Gasteiger partial charge < -0.3 is 144 Å². The maximum atomic E-state index is 15.2. The summed E-state index contributed by atoms with van der Waals surface area (Å²) < 4.78 is 0. The number of carboxylic acids is 2. The summed E-state index contributed by atoms with van der Waals surface area (Å²) in [7, 11) is 0. The fraction of sp³-hybridized carbons (Fsp3) is 0.622. The van der Waals surface area contributed by atoms with Gasteiger partial charge in [0.15, 0.2) is 5.96 Å². The minimum Gasteiger partial charge on any atom is -0.481 e. The SMILES string of the molecule is CC[C@H](C)[C@H](NC(=O)[C@H](Cc1cnc[nH]1)NC(=O)[C@H](CCC(N)=O)NC(=O)CNC(=O)[C@H](CCC(N)=O)NC(=O)[C@H](Cc1cnc[nH]1)NC(=O)[C@@H]1CCCN1C(=O)[C@H](CCCCN)NC(=O)[C@@H](NC(=O)[C@H](CCCNC(=N)N)NC(=O)[C@H](CCSC)NC(=O)[C@@H](NC(=O)[C@H](CCC(N)=O)NC(=O)[C@@H]1CCCN1C(=O)[C@@H](N)Cc1ccccc1)[C@@H](C)CC)[C@@H](C)CC)C(=O)NCC(=O)N[C@@H](CCC(=O)O)C(=O)O. The summed E-state index contributed by atoms with van der Waals surface area (Å²) in [5.41, 5.74) is 35.8. The molecule has 2 fully saturated rings. The number of carboxylic acid groups (broad SMARTS) is 2. The third-order valence-corrected chi connectivity index (χ3v) is 25.0. The van der Waals surface area contributed by atoms with Crippen molar-refractivity contribution in [2.45, 2.75) is 286 Å². The number of amides is 19.